The van der Waals surface area contributed by atoms with Gasteiger partial charge < -0.3 is 9.47 Å². The fourth-order valence-corrected chi connectivity index (χ4v) is 2.43. The molecule has 1 heterocycles. The standard InChI is InChI=1S/C16H30O3/c1-2-3-4-5-6-7-8-9-10-11-16(17)19-15-12-13-18-14-15/h15H,2-14H2,1H3/t15-/m1/s1. The molecule has 1 aliphatic heterocycles. The summed E-state index contributed by atoms with van der Waals surface area (Å²) in [5.41, 5.74) is 0. The minimum absolute atomic E-state index is 0.0195. The summed E-state index contributed by atoms with van der Waals surface area (Å²) in [6, 6.07) is 0. The molecule has 0 N–H and O–H groups in total. The van der Waals surface area contributed by atoms with Crippen LogP contribution in [0, 0.1) is 0 Å². The molecule has 0 spiro atoms. The summed E-state index contributed by atoms with van der Waals surface area (Å²) in [5.74, 6) is -0.0431. The van der Waals surface area contributed by atoms with Gasteiger partial charge in [-0.25, -0.2) is 0 Å². The fourth-order valence-electron chi connectivity index (χ4n) is 2.43. The SMILES string of the molecule is CCCCCCCCCCCC(=O)O[C@@H]1CCOC1. The number of esters is 1. The van der Waals surface area contributed by atoms with Crippen LogP contribution in [-0.2, 0) is 14.3 Å². The zero-order valence-corrected chi connectivity index (χ0v) is 12.5. The quantitative estimate of drug-likeness (QED) is 0.416. The maximum Gasteiger partial charge on any atom is 0.306 e. The summed E-state index contributed by atoms with van der Waals surface area (Å²) in [6.07, 6.45) is 13.0. The molecule has 3 heteroatoms. The number of hydrogen-bond acceptors (Lipinski definition) is 3. The predicted octanol–water partition coefficient (Wildman–Crippen LogP) is 4.24. The van der Waals surface area contributed by atoms with Crippen molar-refractivity contribution in [3.63, 3.8) is 0 Å². The van der Waals surface area contributed by atoms with E-state index in [0.29, 0.717) is 13.0 Å². The van der Waals surface area contributed by atoms with Gasteiger partial charge in [0.05, 0.1) is 13.2 Å². The smallest absolute Gasteiger partial charge is 0.306 e. The molecule has 19 heavy (non-hydrogen) atoms. The molecule has 0 saturated carbocycles. The second-order valence-corrected chi connectivity index (χ2v) is 5.55. The van der Waals surface area contributed by atoms with Gasteiger partial charge in [0.15, 0.2) is 0 Å². The number of ether oxygens (including phenoxy) is 2. The molecule has 0 aliphatic carbocycles. The van der Waals surface area contributed by atoms with E-state index >= 15 is 0 Å². The zero-order valence-electron chi connectivity index (χ0n) is 12.5. The van der Waals surface area contributed by atoms with Crippen LogP contribution >= 0.6 is 0 Å². The van der Waals surface area contributed by atoms with Gasteiger partial charge in [-0.3, -0.25) is 4.79 Å². The van der Waals surface area contributed by atoms with Gasteiger partial charge in [-0.1, -0.05) is 58.3 Å². The molecule has 1 aliphatic rings. The summed E-state index contributed by atoms with van der Waals surface area (Å²) >= 11 is 0. The predicted molar refractivity (Wildman–Crippen MR) is 77.2 cm³/mol. The Morgan fingerprint density at radius 3 is 2.26 bits per heavy atom. The van der Waals surface area contributed by atoms with Crippen LogP contribution < -0.4 is 0 Å². The van der Waals surface area contributed by atoms with E-state index in [-0.39, 0.29) is 12.1 Å². The molecule has 1 atom stereocenters. The Bertz CT molecular complexity index is 222. The Morgan fingerprint density at radius 1 is 1.05 bits per heavy atom. The van der Waals surface area contributed by atoms with Crippen molar-refractivity contribution < 1.29 is 14.3 Å². The van der Waals surface area contributed by atoms with Crippen LogP contribution in [0.5, 0.6) is 0 Å². The van der Waals surface area contributed by atoms with E-state index in [1.807, 2.05) is 0 Å². The van der Waals surface area contributed by atoms with E-state index in [0.717, 1.165) is 25.9 Å². The highest BCUT2D eigenvalue weighted by Gasteiger charge is 2.19. The zero-order chi connectivity index (χ0) is 13.8. The van der Waals surface area contributed by atoms with Crippen LogP contribution in [0.1, 0.15) is 77.6 Å². The van der Waals surface area contributed by atoms with Crippen LogP contribution in [0.15, 0.2) is 0 Å². The van der Waals surface area contributed by atoms with Crippen LogP contribution in [-0.4, -0.2) is 25.3 Å². The van der Waals surface area contributed by atoms with Crippen LogP contribution in [0.2, 0.25) is 0 Å². The highest BCUT2D eigenvalue weighted by molar-refractivity contribution is 5.69. The number of rotatable bonds is 11. The monoisotopic (exact) mass is 270 g/mol. The summed E-state index contributed by atoms with van der Waals surface area (Å²) in [7, 11) is 0. The average molecular weight is 270 g/mol. The van der Waals surface area contributed by atoms with Crippen molar-refractivity contribution >= 4 is 5.97 Å². The topological polar surface area (TPSA) is 35.5 Å². The average Bonchev–Trinajstić information content (AvgIpc) is 2.89. The number of carbonyl (C=O) groups is 1. The molecule has 0 aromatic carbocycles. The lowest BCUT2D eigenvalue weighted by molar-refractivity contribution is -0.149. The van der Waals surface area contributed by atoms with E-state index in [2.05, 4.69) is 6.92 Å². The van der Waals surface area contributed by atoms with E-state index in [9.17, 15) is 4.79 Å². The van der Waals surface area contributed by atoms with Gasteiger partial charge in [0.1, 0.15) is 6.10 Å². The van der Waals surface area contributed by atoms with Crippen LogP contribution in [0.3, 0.4) is 0 Å². The van der Waals surface area contributed by atoms with Crippen LogP contribution in [0.25, 0.3) is 0 Å². The maximum atomic E-state index is 11.5. The van der Waals surface area contributed by atoms with Gasteiger partial charge in [0.25, 0.3) is 0 Å². The minimum Gasteiger partial charge on any atom is -0.460 e. The number of carbonyl (C=O) groups excluding carboxylic acids is 1. The normalized spacial score (nSPS) is 18.7. The summed E-state index contributed by atoms with van der Waals surface area (Å²) < 4.78 is 10.5. The van der Waals surface area contributed by atoms with Gasteiger partial charge in [0, 0.05) is 12.8 Å². The number of hydrogen-bond donors (Lipinski definition) is 0. The first-order valence-electron chi connectivity index (χ1n) is 8.10. The molecule has 0 aromatic rings. The maximum absolute atomic E-state index is 11.5. The highest BCUT2D eigenvalue weighted by atomic mass is 16.6. The third kappa shape index (κ3) is 9.04. The van der Waals surface area contributed by atoms with Crippen molar-refractivity contribution in [2.24, 2.45) is 0 Å². The van der Waals surface area contributed by atoms with Gasteiger partial charge in [-0.05, 0) is 6.42 Å². The van der Waals surface area contributed by atoms with E-state index in [1.54, 1.807) is 0 Å². The molecular weight excluding hydrogens is 240 g/mol. The Morgan fingerprint density at radius 2 is 1.68 bits per heavy atom. The van der Waals surface area contributed by atoms with E-state index in [4.69, 9.17) is 9.47 Å². The third-order valence-corrected chi connectivity index (χ3v) is 3.67. The number of unbranched alkanes of at least 4 members (excludes halogenated alkanes) is 8. The van der Waals surface area contributed by atoms with Crippen molar-refractivity contribution in [3.8, 4) is 0 Å². The molecule has 0 unspecified atom stereocenters. The second kappa shape index (κ2) is 11.3. The lowest BCUT2D eigenvalue weighted by Gasteiger charge is -2.09. The lowest BCUT2D eigenvalue weighted by atomic mass is 10.1. The Labute approximate surface area is 118 Å². The molecule has 0 aromatic heterocycles. The van der Waals surface area contributed by atoms with Crippen molar-refractivity contribution in [3.05, 3.63) is 0 Å². The fraction of sp³-hybridized carbons (Fsp3) is 0.938. The Kier molecular flexibility index (Phi) is 9.78. The van der Waals surface area contributed by atoms with Crippen molar-refractivity contribution in [2.45, 2.75) is 83.7 Å². The molecule has 112 valence electrons. The van der Waals surface area contributed by atoms with E-state index in [1.165, 1.54) is 44.9 Å². The van der Waals surface area contributed by atoms with Gasteiger partial charge >= 0.3 is 5.97 Å². The molecule has 1 saturated heterocycles. The van der Waals surface area contributed by atoms with Crippen molar-refractivity contribution in [2.75, 3.05) is 13.2 Å². The Hall–Kier alpha value is -0.570. The van der Waals surface area contributed by atoms with E-state index < -0.39 is 0 Å². The van der Waals surface area contributed by atoms with Gasteiger partial charge in [-0.15, -0.1) is 0 Å². The molecule has 1 fully saturated rings. The van der Waals surface area contributed by atoms with Crippen LogP contribution in [0.4, 0.5) is 0 Å². The van der Waals surface area contributed by atoms with Crippen molar-refractivity contribution in [1.82, 2.24) is 0 Å². The summed E-state index contributed by atoms with van der Waals surface area (Å²) in [4.78, 5) is 11.5. The lowest BCUT2D eigenvalue weighted by Crippen LogP contribution is -2.17. The summed E-state index contributed by atoms with van der Waals surface area (Å²) in [5, 5.41) is 0. The molecule has 0 amide bonds. The summed E-state index contributed by atoms with van der Waals surface area (Å²) in [6.45, 7) is 3.57. The van der Waals surface area contributed by atoms with Gasteiger partial charge in [-0.2, -0.15) is 0 Å². The second-order valence-electron chi connectivity index (χ2n) is 5.55. The highest BCUT2D eigenvalue weighted by Crippen LogP contribution is 2.13. The first-order valence-corrected chi connectivity index (χ1v) is 8.10. The molecule has 0 radical (unpaired) electrons. The molecule has 1 rings (SSSR count). The third-order valence-electron chi connectivity index (χ3n) is 3.67. The minimum atomic E-state index is -0.0431. The largest absolute Gasteiger partial charge is 0.460 e. The molecule has 0 bridgehead atoms. The molecular formula is C16H30O3. The first kappa shape index (κ1) is 16.5. The first-order chi connectivity index (χ1) is 9.33. The van der Waals surface area contributed by atoms with Crippen molar-refractivity contribution in [1.29, 1.82) is 0 Å². The molecule has 3 nitrogen and oxygen atoms in total. The van der Waals surface area contributed by atoms with Gasteiger partial charge in [0.2, 0.25) is 0 Å². The Balaban J connectivity index is 1.80.